The minimum atomic E-state index is -3.60. The number of furan rings is 1. The van der Waals surface area contributed by atoms with E-state index in [1.54, 1.807) is 48.5 Å². The Morgan fingerprint density at radius 2 is 2.04 bits per heavy atom. The maximum absolute atomic E-state index is 12.9. The third-order valence-corrected chi connectivity index (χ3v) is 6.94. The Morgan fingerprint density at radius 1 is 1.31 bits per heavy atom. The molecule has 2 heterocycles. The van der Waals surface area contributed by atoms with Crippen molar-refractivity contribution in [3.8, 4) is 0 Å². The molecule has 0 aliphatic carbocycles. The number of halogens is 1. The molecule has 0 N–H and O–H groups in total. The van der Waals surface area contributed by atoms with Gasteiger partial charge < -0.3 is 9.32 Å². The summed E-state index contributed by atoms with van der Waals surface area (Å²) in [6.45, 7) is 1.02. The van der Waals surface area contributed by atoms with Crippen LogP contribution in [-0.4, -0.2) is 43.7 Å². The molecule has 1 amide bonds. The fraction of sp³-hybridized carbons (Fsp3) is 0.389. The van der Waals surface area contributed by atoms with E-state index in [9.17, 15) is 13.2 Å². The van der Waals surface area contributed by atoms with Crippen LogP contribution >= 0.6 is 15.9 Å². The van der Waals surface area contributed by atoms with Crippen LogP contribution in [0.15, 0.2) is 56.4 Å². The van der Waals surface area contributed by atoms with Crippen molar-refractivity contribution in [3.63, 3.8) is 0 Å². The van der Waals surface area contributed by atoms with E-state index in [1.165, 1.54) is 4.31 Å². The minimum absolute atomic E-state index is 0.0582. The lowest BCUT2D eigenvalue weighted by molar-refractivity contribution is -0.136. The highest BCUT2D eigenvalue weighted by Gasteiger charge is 2.34. The van der Waals surface area contributed by atoms with Crippen LogP contribution in [0, 0.1) is 5.92 Å². The van der Waals surface area contributed by atoms with Gasteiger partial charge in [0.25, 0.3) is 0 Å². The summed E-state index contributed by atoms with van der Waals surface area (Å²) in [5, 5.41) is 0. The van der Waals surface area contributed by atoms with Crippen LogP contribution in [0.1, 0.15) is 18.6 Å². The highest BCUT2D eigenvalue weighted by atomic mass is 79.9. The van der Waals surface area contributed by atoms with Crippen molar-refractivity contribution in [1.29, 1.82) is 0 Å². The van der Waals surface area contributed by atoms with E-state index in [-0.39, 0.29) is 23.3 Å². The van der Waals surface area contributed by atoms with E-state index in [0.717, 1.165) is 4.47 Å². The summed E-state index contributed by atoms with van der Waals surface area (Å²) in [7, 11) is -1.88. The van der Waals surface area contributed by atoms with Gasteiger partial charge in [0.2, 0.25) is 15.9 Å². The topological polar surface area (TPSA) is 70.8 Å². The molecule has 0 radical (unpaired) electrons. The second-order valence-electron chi connectivity index (χ2n) is 6.43. The molecule has 0 saturated carbocycles. The lowest BCUT2D eigenvalue weighted by Gasteiger charge is -2.33. The van der Waals surface area contributed by atoms with Gasteiger partial charge in [0.05, 0.1) is 23.6 Å². The van der Waals surface area contributed by atoms with Gasteiger partial charge in [-0.3, -0.25) is 4.79 Å². The van der Waals surface area contributed by atoms with Gasteiger partial charge in [-0.1, -0.05) is 15.9 Å². The molecule has 0 bridgehead atoms. The number of piperidine rings is 1. The average molecular weight is 441 g/mol. The molecule has 1 aliphatic rings. The number of rotatable bonds is 5. The predicted molar refractivity (Wildman–Crippen MR) is 101 cm³/mol. The van der Waals surface area contributed by atoms with Gasteiger partial charge in [-0.25, -0.2) is 8.42 Å². The fourth-order valence-corrected chi connectivity index (χ4v) is 4.93. The lowest BCUT2D eigenvalue weighted by Crippen LogP contribution is -2.45. The van der Waals surface area contributed by atoms with Crippen molar-refractivity contribution < 1.29 is 17.6 Å². The summed E-state index contributed by atoms with van der Waals surface area (Å²) in [6, 6.07) is 10.2. The molecule has 140 valence electrons. The lowest BCUT2D eigenvalue weighted by atomic mass is 9.98. The quantitative estimate of drug-likeness (QED) is 0.715. The third-order valence-electron chi connectivity index (χ3n) is 4.53. The Hall–Kier alpha value is -1.64. The fourth-order valence-electron chi connectivity index (χ4n) is 3.14. The summed E-state index contributed by atoms with van der Waals surface area (Å²) >= 11 is 3.31. The van der Waals surface area contributed by atoms with E-state index >= 15 is 0 Å². The predicted octanol–water partition coefficient (Wildman–Crippen LogP) is 3.10. The zero-order valence-electron chi connectivity index (χ0n) is 14.5. The van der Waals surface area contributed by atoms with Crippen LogP contribution < -0.4 is 0 Å². The Kier molecular flexibility index (Phi) is 5.84. The van der Waals surface area contributed by atoms with Crippen LogP contribution in [0.2, 0.25) is 0 Å². The first kappa shape index (κ1) is 19.1. The largest absolute Gasteiger partial charge is 0.467 e. The number of nitrogens with zero attached hydrogens (tertiary/aromatic N) is 2. The zero-order chi connectivity index (χ0) is 18.7. The first-order valence-electron chi connectivity index (χ1n) is 8.41. The van der Waals surface area contributed by atoms with Crippen LogP contribution in [0.5, 0.6) is 0 Å². The summed E-state index contributed by atoms with van der Waals surface area (Å²) in [5.41, 5.74) is 0. The van der Waals surface area contributed by atoms with Gasteiger partial charge in [0.15, 0.2) is 0 Å². The Balaban J connectivity index is 1.70. The summed E-state index contributed by atoms with van der Waals surface area (Å²) in [5.74, 6) is 0.307. The Bertz CT molecular complexity index is 850. The smallest absolute Gasteiger partial charge is 0.243 e. The van der Waals surface area contributed by atoms with E-state index in [2.05, 4.69) is 15.9 Å². The first-order valence-corrected chi connectivity index (χ1v) is 10.6. The van der Waals surface area contributed by atoms with E-state index in [1.807, 2.05) is 6.07 Å². The molecule has 1 aromatic carbocycles. The van der Waals surface area contributed by atoms with Gasteiger partial charge in [0, 0.05) is 24.6 Å². The van der Waals surface area contributed by atoms with Crippen LogP contribution in [0.25, 0.3) is 0 Å². The molecular formula is C18H21BrN2O4S. The molecule has 1 aliphatic heterocycles. The molecule has 1 fully saturated rings. The highest BCUT2D eigenvalue weighted by molar-refractivity contribution is 9.10. The van der Waals surface area contributed by atoms with E-state index < -0.39 is 10.0 Å². The molecule has 0 spiro atoms. The van der Waals surface area contributed by atoms with Crippen LogP contribution in [0.3, 0.4) is 0 Å². The molecule has 6 nitrogen and oxygen atoms in total. The second-order valence-corrected chi connectivity index (χ2v) is 9.28. The maximum atomic E-state index is 12.9. The van der Waals surface area contributed by atoms with Crippen LogP contribution in [-0.2, 0) is 21.4 Å². The highest BCUT2D eigenvalue weighted by Crippen LogP contribution is 2.26. The van der Waals surface area contributed by atoms with Gasteiger partial charge in [0.1, 0.15) is 5.76 Å². The normalized spacial score (nSPS) is 18.6. The Labute approximate surface area is 162 Å². The van der Waals surface area contributed by atoms with Gasteiger partial charge in [-0.15, -0.1) is 0 Å². The zero-order valence-corrected chi connectivity index (χ0v) is 16.9. The molecule has 1 atom stereocenters. The molecular weight excluding hydrogens is 420 g/mol. The molecule has 26 heavy (non-hydrogen) atoms. The molecule has 8 heteroatoms. The second kappa shape index (κ2) is 7.94. The summed E-state index contributed by atoms with van der Waals surface area (Å²) in [6.07, 6.45) is 2.93. The molecule has 2 aromatic rings. The number of carbonyl (C=O) groups excluding carboxylic acids is 1. The van der Waals surface area contributed by atoms with Gasteiger partial charge >= 0.3 is 0 Å². The number of amides is 1. The minimum Gasteiger partial charge on any atom is -0.467 e. The SMILES string of the molecule is CN(Cc1ccco1)C(=O)C1CCCN(S(=O)(=O)c2ccc(Br)cc2)C1. The maximum Gasteiger partial charge on any atom is 0.243 e. The molecule has 3 rings (SSSR count). The van der Waals surface area contributed by atoms with Crippen molar-refractivity contribution >= 4 is 31.9 Å². The van der Waals surface area contributed by atoms with Crippen molar-refractivity contribution in [2.75, 3.05) is 20.1 Å². The number of hydrogen-bond donors (Lipinski definition) is 0. The monoisotopic (exact) mass is 440 g/mol. The van der Waals surface area contributed by atoms with Crippen molar-refractivity contribution in [2.24, 2.45) is 5.92 Å². The Morgan fingerprint density at radius 3 is 2.69 bits per heavy atom. The average Bonchev–Trinajstić information content (AvgIpc) is 3.14. The van der Waals surface area contributed by atoms with E-state index in [4.69, 9.17) is 4.42 Å². The van der Waals surface area contributed by atoms with Crippen LogP contribution in [0.4, 0.5) is 0 Å². The van der Waals surface area contributed by atoms with E-state index in [0.29, 0.717) is 31.7 Å². The first-order chi connectivity index (χ1) is 12.4. The van der Waals surface area contributed by atoms with Crippen molar-refractivity contribution in [3.05, 3.63) is 52.9 Å². The van der Waals surface area contributed by atoms with Crippen molar-refractivity contribution in [2.45, 2.75) is 24.3 Å². The van der Waals surface area contributed by atoms with Gasteiger partial charge in [-0.2, -0.15) is 4.31 Å². The van der Waals surface area contributed by atoms with Gasteiger partial charge in [-0.05, 0) is 49.2 Å². The molecule has 1 unspecified atom stereocenters. The molecule has 1 aromatic heterocycles. The number of benzene rings is 1. The molecule has 1 saturated heterocycles. The summed E-state index contributed by atoms with van der Waals surface area (Å²) in [4.78, 5) is 14.6. The number of carbonyl (C=O) groups is 1. The third kappa shape index (κ3) is 4.19. The standard InChI is InChI=1S/C18H21BrN2O4S/c1-20(13-16-5-3-11-25-16)18(22)14-4-2-10-21(12-14)26(23,24)17-8-6-15(19)7-9-17/h3,5-9,11,14H,2,4,10,12-13H2,1H3. The van der Waals surface area contributed by atoms with Crippen molar-refractivity contribution in [1.82, 2.24) is 9.21 Å². The number of hydrogen-bond acceptors (Lipinski definition) is 4. The number of sulfonamides is 1. The summed E-state index contributed by atoms with van der Waals surface area (Å²) < 4.78 is 33.2.